The van der Waals surface area contributed by atoms with Crippen molar-refractivity contribution in [3.63, 3.8) is 0 Å². The van der Waals surface area contributed by atoms with Gasteiger partial charge in [-0.25, -0.2) is 4.79 Å². The molecule has 5 nitrogen and oxygen atoms in total. The molecule has 1 saturated carbocycles. The van der Waals surface area contributed by atoms with Gasteiger partial charge in [0, 0.05) is 6.54 Å². The molecular weight excluding hydrogens is 268 g/mol. The topological polar surface area (TPSA) is 92.4 Å². The predicted octanol–water partition coefficient (Wildman–Crippen LogP) is 1.71. The minimum Gasteiger partial charge on any atom is -0.478 e. The zero-order chi connectivity index (χ0) is 15.3. The Kier molecular flexibility index (Phi) is 4.96. The minimum absolute atomic E-state index is 0.116. The third kappa shape index (κ3) is 3.82. The molecular formula is C16H22N2O3. The third-order valence-electron chi connectivity index (χ3n) is 4.13. The maximum Gasteiger partial charge on any atom is 0.335 e. The predicted molar refractivity (Wildman–Crippen MR) is 80.1 cm³/mol. The number of aromatic carboxylic acids is 1. The van der Waals surface area contributed by atoms with Crippen molar-refractivity contribution >= 4 is 11.9 Å². The summed E-state index contributed by atoms with van der Waals surface area (Å²) in [5.41, 5.74) is 6.41. The Hall–Kier alpha value is -1.88. The van der Waals surface area contributed by atoms with Crippen LogP contribution in [0.2, 0.25) is 0 Å². The molecule has 0 heterocycles. The van der Waals surface area contributed by atoms with Crippen LogP contribution in [0.5, 0.6) is 0 Å². The molecule has 5 heteroatoms. The lowest BCUT2D eigenvalue weighted by Gasteiger charge is -2.31. The Labute approximate surface area is 124 Å². The fourth-order valence-electron chi connectivity index (χ4n) is 2.84. The molecule has 21 heavy (non-hydrogen) atoms. The highest BCUT2D eigenvalue weighted by molar-refractivity contribution is 5.89. The number of carboxylic acid groups (broad SMARTS) is 1. The fraction of sp³-hybridized carbons (Fsp3) is 0.500. The van der Waals surface area contributed by atoms with E-state index in [1.54, 1.807) is 24.3 Å². The van der Waals surface area contributed by atoms with Crippen LogP contribution in [0.4, 0.5) is 0 Å². The van der Waals surface area contributed by atoms with Crippen molar-refractivity contribution in [3.05, 3.63) is 35.4 Å². The van der Waals surface area contributed by atoms with Crippen molar-refractivity contribution in [3.8, 4) is 0 Å². The lowest BCUT2D eigenvalue weighted by atomic mass is 9.82. The molecule has 1 aromatic carbocycles. The number of rotatable bonds is 5. The molecule has 0 saturated heterocycles. The van der Waals surface area contributed by atoms with Gasteiger partial charge < -0.3 is 16.2 Å². The largest absolute Gasteiger partial charge is 0.478 e. The summed E-state index contributed by atoms with van der Waals surface area (Å²) in [5, 5.41) is 12.0. The number of carbonyl (C=O) groups is 2. The van der Waals surface area contributed by atoms with Gasteiger partial charge in [0.2, 0.25) is 5.91 Å². The number of nitrogens with two attached hydrogens (primary N) is 1. The van der Waals surface area contributed by atoms with E-state index in [0.29, 0.717) is 13.0 Å². The number of benzene rings is 1. The summed E-state index contributed by atoms with van der Waals surface area (Å²) in [6.45, 7) is 0.405. The Morgan fingerprint density at radius 2 is 1.86 bits per heavy atom. The molecule has 1 aliphatic carbocycles. The molecule has 1 fully saturated rings. The van der Waals surface area contributed by atoms with Crippen molar-refractivity contribution in [1.29, 1.82) is 0 Å². The van der Waals surface area contributed by atoms with Gasteiger partial charge in [0.15, 0.2) is 0 Å². The number of nitrogens with one attached hydrogen (secondary N) is 1. The molecule has 4 N–H and O–H groups in total. The van der Waals surface area contributed by atoms with Crippen LogP contribution < -0.4 is 11.1 Å². The smallest absolute Gasteiger partial charge is 0.335 e. The second-order valence-corrected chi connectivity index (χ2v) is 5.68. The highest BCUT2D eigenvalue weighted by Gasteiger charge is 2.34. The standard InChI is InChI=1S/C16H22N2O3/c17-16(9-4-1-5-10-16)15(21)18-11-8-12-6-2-3-7-13(12)14(19)20/h2-3,6-7H,1,4-5,8-11,17H2,(H,18,21)(H,19,20). The van der Waals surface area contributed by atoms with Crippen LogP contribution in [0.15, 0.2) is 24.3 Å². The Bertz CT molecular complexity index is 522. The summed E-state index contributed by atoms with van der Waals surface area (Å²) >= 11 is 0. The normalized spacial score (nSPS) is 17.2. The fourth-order valence-corrected chi connectivity index (χ4v) is 2.84. The summed E-state index contributed by atoms with van der Waals surface area (Å²) in [6, 6.07) is 6.84. The van der Waals surface area contributed by atoms with Crippen molar-refractivity contribution in [2.75, 3.05) is 6.54 Å². The van der Waals surface area contributed by atoms with Crippen LogP contribution in [-0.4, -0.2) is 29.1 Å². The Morgan fingerprint density at radius 1 is 1.19 bits per heavy atom. The SMILES string of the molecule is NC1(C(=O)NCCc2ccccc2C(=O)O)CCCCC1. The zero-order valence-corrected chi connectivity index (χ0v) is 12.1. The van der Waals surface area contributed by atoms with E-state index < -0.39 is 11.5 Å². The van der Waals surface area contributed by atoms with Gasteiger partial charge in [-0.1, -0.05) is 37.5 Å². The first kappa shape index (κ1) is 15.5. The summed E-state index contributed by atoms with van der Waals surface area (Å²) in [7, 11) is 0. The monoisotopic (exact) mass is 290 g/mol. The average Bonchev–Trinajstić information content (AvgIpc) is 2.48. The van der Waals surface area contributed by atoms with E-state index in [4.69, 9.17) is 10.8 Å². The minimum atomic E-state index is -0.945. The number of hydrogen-bond donors (Lipinski definition) is 3. The Morgan fingerprint density at radius 3 is 2.52 bits per heavy atom. The van der Waals surface area contributed by atoms with Gasteiger partial charge in [-0.15, -0.1) is 0 Å². The highest BCUT2D eigenvalue weighted by atomic mass is 16.4. The third-order valence-corrected chi connectivity index (χ3v) is 4.13. The van der Waals surface area contributed by atoms with E-state index in [2.05, 4.69) is 5.32 Å². The van der Waals surface area contributed by atoms with E-state index >= 15 is 0 Å². The van der Waals surface area contributed by atoms with Gasteiger partial charge >= 0.3 is 5.97 Å². The molecule has 0 radical (unpaired) electrons. The summed E-state index contributed by atoms with van der Waals surface area (Å²) in [4.78, 5) is 23.3. The average molecular weight is 290 g/mol. The van der Waals surface area contributed by atoms with Gasteiger partial charge in [-0.05, 0) is 30.9 Å². The van der Waals surface area contributed by atoms with Crippen LogP contribution in [0.3, 0.4) is 0 Å². The number of carboxylic acids is 1. The molecule has 0 spiro atoms. The van der Waals surface area contributed by atoms with Crippen molar-refractivity contribution in [2.24, 2.45) is 5.73 Å². The Balaban J connectivity index is 1.90. The van der Waals surface area contributed by atoms with E-state index in [-0.39, 0.29) is 11.5 Å². The molecule has 114 valence electrons. The van der Waals surface area contributed by atoms with E-state index in [1.807, 2.05) is 0 Å². The van der Waals surface area contributed by atoms with Gasteiger partial charge in [0.05, 0.1) is 11.1 Å². The van der Waals surface area contributed by atoms with E-state index in [1.165, 1.54) is 0 Å². The van der Waals surface area contributed by atoms with Gasteiger partial charge in [-0.3, -0.25) is 4.79 Å². The highest BCUT2D eigenvalue weighted by Crippen LogP contribution is 2.25. The van der Waals surface area contributed by atoms with Crippen LogP contribution in [0.1, 0.15) is 48.0 Å². The summed E-state index contributed by atoms with van der Waals surface area (Å²) in [5.74, 6) is -1.06. The molecule has 0 unspecified atom stereocenters. The van der Waals surface area contributed by atoms with Gasteiger partial charge in [-0.2, -0.15) is 0 Å². The molecule has 1 aliphatic rings. The second-order valence-electron chi connectivity index (χ2n) is 5.68. The quantitative estimate of drug-likeness (QED) is 0.769. The van der Waals surface area contributed by atoms with Gasteiger partial charge in [0.25, 0.3) is 0 Å². The number of hydrogen-bond acceptors (Lipinski definition) is 3. The zero-order valence-electron chi connectivity index (χ0n) is 12.1. The molecule has 0 atom stereocenters. The molecule has 0 aromatic heterocycles. The van der Waals surface area contributed by atoms with Gasteiger partial charge in [0.1, 0.15) is 0 Å². The lowest BCUT2D eigenvalue weighted by Crippen LogP contribution is -2.55. The van der Waals surface area contributed by atoms with E-state index in [0.717, 1.165) is 37.7 Å². The van der Waals surface area contributed by atoms with Crippen LogP contribution in [0, 0.1) is 0 Å². The van der Waals surface area contributed by atoms with Crippen LogP contribution in [-0.2, 0) is 11.2 Å². The lowest BCUT2D eigenvalue weighted by molar-refractivity contribution is -0.127. The number of carbonyl (C=O) groups excluding carboxylic acids is 1. The molecule has 2 rings (SSSR count). The first-order chi connectivity index (χ1) is 10.0. The molecule has 1 aromatic rings. The molecule has 0 bridgehead atoms. The van der Waals surface area contributed by atoms with Crippen molar-refractivity contribution in [2.45, 2.75) is 44.1 Å². The first-order valence-corrected chi connectivity index (χ1v) is 7.41. The maximum atomic E-state index is 12.2. The molecule has 0 aliphatic heterocycles. The summed E-state index contributed by atoms with van der Waals surface area (Å²) < 4.78 is 0. The van der Waals surface area contributed by atoms with Crippen LogP contribution in [0.25, 0.3) is 0 Å². The maximum absolute atomic E-state index is 12.2. The second kappa shape index (κ2) is 6.72. The number of amides is 1. The van der Waals surface area contributed by atoms with Crippen molar-refractivity contribution < 1.29 is 14.7 Å². The van der Waals surface area contributed by atoms with Crippen molar-refractivity contribution in [1.82, 2.24) is 5.32 Å². The van der Waals surface area contributed by atoms with E-state index in [9.17, 15) is 9.59 Å². The van der Waals surface area contributed by atoms with Crippen LogP contribution >= 0.6 is 0 Å². The molecule has 1 amide bonds. The first-order valence-electron chi connectivity index (χ1n) is 7.41. The summed E-state index contributed by atoms with van der Waals surface area (Å²) in [6.07, 6.45) is 5.06.